The Balaban J connectivity index is 2.44. The van der Waals surface area contributed by atoms with E-state index in [9.17, 15) is 0 Å². The van der Waals surface area contributed by atoms with Gasteiger partial charge in [-0.2, -0.15) is 0 Å². The first-order valence-corrected chi connectivity index (χ1v) is 6.97. The van der Waals surface area contributed by atoms with Crippen molar-refractivity contribution in [3.8, 4) is 0 Å². The number of thioether (sulfide) groups is 1. The molecule has 0 saturated heterocycles. The molecule has 0 radical (unpaired) electrons. The smallest absolute Gasteiger partial charge is 0.209 e. The van der Waals surface area contributed by atoms with Gasteiger partial charge in [0.15, 0.2) is 0 Å². The predicted octanol–water partition coefficient (Wildman–Crippen LogP) is 1.19. The predicted molar refractivity (Wildman–Crippen MR) is 72.8 cm³/mol. The van der Waals surface area contributed by atoms with E-state index < -0.39 is 0 Å². The van der Waals surface area contributed by atoms with Crippen LogP contribution in [0.5, 0.6) is 0 Å². The van der Waals surface area contributed by atoms with Crippen molar-refractivity contribution >= 4 is 11.8 Å². The van der Waals surface area contributed by atoms with Gasteiger partial charge in [-0.05, 0) is 31.2 Å². The van der Waals surface area contributed by atoms with Crippen LogP contribution in [0.15, 0.2) is 5.16 Å². The highest BCUT2D eigenvalue weighted by Gasteiger charge is 2.13. The fourth-order valence-electron chi connectivity index (χ4n) is 1.41. The van der Waals surface area contributed by atoms with Crippen molar-refractivity contribution in [3.05, 3.63) is 0 Å². The van der Waals surface area contributed by atoms with Gasteiger partial charge in [-0.15, -0.1) is 5.10 Å². The van der Waals surface area contributed by atoms with Crippen LogP contribution in [0, 0.1) is 0 Å². The Labute approximate surface area is 113 Å². The van der Waals surface area contributed by atoms with Crippen molar-refractivity contribution in [2.75, 3.05) is 20.3 Å². The Morgan fingerprint density at radius 3 is 2.78 bits per heavy atom. The van der Waals surface area contributed by atoms with Gasteiger partial charge in [-0.3, -0.25) is 0 Å². The quantitative estimate of drug-likeness (QED) is 0.753. The molecule has 0 aliphatic rings. The summed E-state index contributed by atoms with van der Waals surface area (Å²) in [6.07, 6.45) is 0. The highest BCUT2D eigenvalue weighted by atomic mass is 32.2. The van der Waals surface area contributed by atoms with Crippen LogP contribution in [0.2, 0.25) is 0 Å². The average molecular weight is 273 g/mol. The van der Waals surface area contributed by atoms with E-state index in [2.05, 4.69) is 48.5 Å². The molecule has 0 aromatic carbocycles. The molecule has 1 heterocycles. The molecule has 0 amide bonds. The summed E-state index contributed by atoms with van der Waals surface area (Å²) in [7, 11) is 1.70. The van der Waals surface area contributed by atoms with E-state index >= 15 is 0 Å². The summed E-state index contributed by atoms with van der Waals surface area (Å²) in [5, 5.41) is 16.4. The van der Waals surface area contributed by atoms with E-state index in [1.54, 1.807) is 18.9 Å². The zero-order chi connectivity index (χ0) is 13.6. The zero-order valence-electron chi connectivity index (χ0n) is 11.8. The minimum absolute atomic E-state index is 0.116. The molecule has 6 nitrogen and oxygen atoms in total. The summed E-state index contributed by atoms with van der Waals surface area (Å²) in [5.74, 6) is 0. The fraction of sp³-hybridized carbons (Fsp3) is 0.909. The molecular formula is C11H23N5OS. The van der Waals surface area contributed by atoms with Gasteiger partial charge >= 0.3 is 0 Å². The van der Waals surface area contributed by atoms with Crippen LogP contribution in [-0.4, -0.2) is 51.3 Å². The minimum Gasteiger partial charge on any atom is -0.384 e. The third-order valence-electron chi connectivity index (χ3n) is 2.19. The topological polar surface area (TPSA) is 64.9 Å². The van der Waals surface area contributed by atoms with Gasteiger partial charge in [0.25, 0.3) is 0 Å². The summed E-state index contributed by atoms with van der Waals surface area (Å²) in [6, 6.07) is 0. The number of rotatable bonds is 7. The van der Waals surface area contributed by atoms with Crippen molar-refractivity contribution in [2.24, 2.45) is 0 Å². The Bertz CT molecular complexity index is 349. The second-order valence-corrected chi connectivity index (χ2v) is 6.65. The number of nitrogens with zero attached hydrogens (tertiary/aromatic N) is 4. The number of methoxy groups -OCH3 is 1. The lowest BCUT2D eigenvalue weighted by atomic mass is 10.1. The molecule has 18 heavy (non-hydrogen) atoms. The zero-order valence-corrected chi connectivity index (χ0v) is 12.6. The first-order chi connectivity index (χ1) is 8.42. The van der Waals surface area contributed by atoms with Gasteiger partial charge in [0.2, 0.25) is 5.16 Å². The van der Waals surface area contributed by atoms with Crippen LogP contribution < -0.4 is 5.32 Å². The molecule has 0 bridgehead atoms. The number of ether oxygens (including phenoxy) is 1. The van der Waals surface area contributed by atoms with Gasteiger partial charge in [-0.25, -0.2) is 4.68 Å². The molecule has 0 fully saturated rings. The van der Waals surface area contributed by atoms with Crippen LogP contribution in [0.1, 0.15) is 27.7 Å². The molecule has 1 unspecified atom stereocenters. The first kappa shape index (κ1) is 15.4. The number of nitrogens with one attached hydrogen (secondary N) is 1. The molecule has 1 rings (SSSR count). The molecular weight excluding hydrogens is 250 g/mol. The van der Waals surface area contributed by atoms with Crippen LogP contribution in [-0.2, 0) is 11.3 Å². The standard InChI is InChI=1S/C11H23N5OS/c1-9(8-17-5)18-10-13-14-15-16(10)7-6-12-11(2,3)4/h9,12H,6-8H2,1-5H3. The van der Waals surface area contributed by atoms with Crippen molar-refractivity contribution in [1.29, 1.82) is 0 Å². The van der Waals surface area contributed by atoms with E-state index in [1.165, 1.54) is 0 Å². The Hall–Kier alpha value is -0.660. The van der Waals surface area contributed by atoms with Crippen LogP contribution in [0.4, 0.5) is 0 Å². The third-order valence-corrected chi connectivity index (χ3v) is 3.23. The monoisotopic (exact) mass is 273 g/mol. The Morgan fingerprint density at radius 2 is 2.17 bits per heavy atom. The summed E-state index contributed by atoms with van der Waals surface area (Å²) >= 11 is 1.63. The summed E-state index contributed by atoms with van der Waals surface area (Å²) in [6.45, 7) is 10.8. The molecule has 1 N–H and O–H groups in total. The first-order valence-electron chi connectivity index (χ1n) is 6.09. The number of tetrazole rings is 1. The molecule has 0 aliphatic carbocycles. The third kappa shape index (κ3) is 5.79. The molecule has 104 valence electrons. The highest BCUT2D eigenvalue weighted by Crippen LogP contribution is 2.19. The Morgan fingerprint density at radius 1 is 1.44 bits per heavy atom. The second kappa shape index (κ2) is 7.06. The summed E-state index contributed by atoms with van der Waals surface area (Å²) in [5.41, 5.74) is 0.116. The van der Waals surface area contributed by atoms with Gasteiger partial charge < -0.3 is 10.1 Å². The van der Waals surface area contributed by atoms with Gasteiger partial charge in [-0.1, -0.05) is 18.7 Å². The molecule has 1 atom stereocenters. The SMILES string of the molecule is COCC(C)Sc1nnnn1CCNC(C)(C)C. The largest absolute Gasteiger partial charge is 0.384 e. The fourth-order valence-corrected chi connectivity index (χ4v) is 2.30. The molecule has 0 saturated carbocycles. The lowest BCUT2D eigenvalue weighted by Crippen LogP contribution is -2.38. The number of aromatic nitrogens is 4. The maximum atomic E-state index is 5.11. The van der Waals surface area contributed by atoms with Crippen LogP contribution in [0.25, 0.3) is 0 Å². The van der Waals surface area contributed by atoms with Crippen molar-refractivity contribution in [3.63, 3.8) is 0 Å². The van der Waals surface area contributed by atoms with E-state index in [4.69, 9.17) is 4.74 Å². The van der Waals surface area contributed by atoms with Gasteiger partial charge in [0, 0.05) is 24.4 Å². The molecule has 1 aromatic rings. The minimum atomic E-state index is 0.116. The van der Waals surface area contributed by atoms with Crippen LogP contribution >= 0.6 is 11.8 Å². The maximum Gasteiger partial charge on any atom is 0.209 e. The van der Waals surface area contributed by atoms with Crippen molar-refractivity contribution < 1.29 is 4.74 Å². The van der Waals surface area contributed by atoms with Gasteiger partial charge in [0.05, 0.1) is 13.2 Å². The van der Waals surface area contributed by atoms with E-state index in [0.717, 1.165) is 18.2 Å². The number of hydrogen-bond acceptors (Lipinski definition) is 6. The van der Waals surface area contributed by atoms with Crippen molar-refractivity contribution in [1.82, 2.24) is 25.5 Å². The number of hydrogen-bond donors (Lipinski definition) is 1. The summed E-state index contributed by atoms with van der Waals surface area (Å²) < 4.78 is 6.94. The average Bonchev–Trinajstić information content (AvgIpc) is 2.64. The summed E-state index contributed by atoms with van der Waals surface area (Å²) in [4.78, 5) is 0. The van der Waals surface area contributed by atoms with E-state index in [-0.39, 0.29) is 5.54 Å². The second-order valence-electron chi connectivity index (χ2n) is 5.25. The maximum absolute atomic E-state index is 5.11. The molecule has 1 aromatic heterocycles. The van der Waals surface area contributed by atoms with Crippen LogP contribution in [0.3, 0.4) is 0 Å². The normalized spacial score (nSPS) is 13.8. The van der Waals surface area contributed by atoms with E-state index in [1.807, 2.05) is 4.68 Å². The highest BCUT2D eigenvalue weighted by molar-refractivity contribution is 7.99. The Kier molecular flexibility index (Phi) is 6.04. The lowest BCUT2D eigenvalue weighted by Gasteiger charge is -2.20. The van der Waals surface area contributed by atoms with Crippen molar-refractivity contribution in [2.45, 2.75) is 50.2 Å². The molecule has 0 spiro atoms. The van der Waals surface area contributed by atoms with Gasteiger partial charge in [0.1, 0.15) is 0 Å². The van der Waals surface area contributed by atoms with E-state index in [0.29, 0.717) is 11.9 Å². The molecule has 7 heteroatoms. The lowest BCUT2D eigenvalue weighted by molar-refractivity contribution is 0.203. The molecule has 0 aliphatic heterocycles.